The standard InChI is InChI=1S/C22H26N4OS/c1-4-19(23)18-10-5-15(13-20(18)24-14-22(2,3)27)21-11-12-25-26(21)16-6-8-17(28)9-7-16/h5-13,23-24,27-28H,4,14H2,1-3H3. The second-order valence-corrected chi connectivity index (χ2v) is 7.92. The zero-order valence-corrected chi connectivity index (χ0v) is 17.3. The van der Waals surface area contributed by atoms with Crippen LogP contribution in [0, 0.1) is 5.41 Å². The summed E-state index contributed by atoms with van der Waals surface area (Å²) in [6.45, 7) is 5.88. The van der Waals surface area contributed by atoms with Gasteiger partial charge in [0, 0.05) is 34.0 Å². The molecule has 1 aromatic heterocycles. The summed E-state index contributed by atoms with van der Waals surface area (Å²) in [5.41, 5.74) is 4.28. The molecule has 0 amide bonds. The van der Waals surface area contributed by atoms with Gasteiger partial charge in [0.15, 0.2) is 0 Å². The summed E-state index contributed by atoms with van der Waals surface area (Å²) >= 11 is 4.35. The average Bonchev–Trinajstić information content (AvgIpc) is 3.15. The van der Waals surface area contributed by atoms with E-state index < -0.39 is 5.60 Å². The number of hydrogen-bond acceptors (Lipinski definition) is 5. The largest absolute Gasteiger partial charge is 0.389 e. The maximum atomic E-state index is 10.1. The van der Waals surface area contributed by atoms with Gasteiger partial charge >= 0.3 is 0 Å². The van der Waals surface area contributed by atoms with E-state index in [0.717, 1.165) is 33.1 Å². The molecule has 0 fully saturated rings. The van der Waals surface area contributed by atoms with Crippen LogP contribution in [0.15, 0.2) is 59.6 Å². The molecule has 3 N–H and O–H groups in total. The molecule has 0 unspecified atom stereocenters. The SMILES string of the molecule is CCC(=N)c1ccc(-c2ccnn2-c2ccc(S)cc2)cc1NCC(C)(C)O. The van der Waals surface area contributed by atoms with Gasteiger partial charge in [-0.1, -0.05) is 19.1 Å². The minimum atomic E-state index is -0.849. The molecule has 0 spiro atoms. The number of anilines is 1. The van der Waals surface area contributed by atoms with Crippen LogP contribution in [0.5, 0.6) is 0 Å². The molecule has 1 heterocycles. The molecule has 2 aromatic carbocycles. The lowest BCUT2D eigenvalue weighted by Gasteiger charge is -2.21. The molecule has 0 radical (unpaired) electrons. The second kappa shape index (κ2) is 8.20. The molecule has 0 saturated carbocycles. The second-order valence-electron chi connectivity index (χ2n) is 7.40. The van der Waals surface area contributed by atoms with Crippen LogP contribution in [0.3, 0.4) is 0 Å². The first-order valence-corrected chi connectivity index (χ1v) is 9.75. The first-order chi connectivity index (χ1) is 13.3. The third-order valence-corrected chi connectivity index (χ3v) is 4.74. The minimum Gasteiger partial charge on any atom is -0.389 e. The number of nitrogens with one attached hydrogen (secondary N) is 2. The Morgan fingerprint density at radius 2 is 1.89 bits per heavy atom. The Morgan fingerprint density at radius 3 is 2.54 bits per heavy atom. The predicted octanol–water partition coefficient (Wildman–Crippen LogP) is 4.79. The van der Waals surface area contributed by atoms with Crippen molar-refractivity contribution in [3.63, 3.8) is 0 Å². The fraction of sp³-hybridized carbons (Fsp3) is 0.273. The third-order valence-electron chi connectivity index (χ3n) is 4.44. The van der Waals surface area contributed by atoms with E-state index in [2.05, 4.69) is 23.0 Å². The Bertz CT molecular complexity index is 971. The highest BCUT2D eigenvalue weighted by Gasteiger charge is 2.16. The number of thiol groups is 1. The van der Waals surface area contributed by atoms with Gasteiger partial charge in [0.05, 0.1) is 23.2 Å². The highest BCUT2D eigenvalue weighted by atomic mass is 32.1. The van der Waals surface area contributed by atoms with Gasteiger partial charge in [-0.3, -0.25) is 0 Å². The van der Waals surface area contributed by atoms with Crippen molar-refractivity contribution in [2.75, 3.05) is 11.9 Å². The lowest BCUT2D eigenvalue weighted by Crippen LogP contribution is -2.29. The smallest absolute Gasteiger partial charge is 0.0763 e. The van der Waals surface area contributed by atoms with Gasteiger partial charge in [-0.2, -0.15) is 5.10 Å². The van der Waals surface area contributed by atoms with E-state index >= 15 is 0 Å². The average molecular weight is 395 g/mol. The van der Waals surface area contributed by atoms with E-state index in [1.807, 2.05) is 60.1 Å². The van der Waals surface area contributed by atoms with Crippen LogP contribution in [0.2, 0.25) is 0 Å². The monoisotopic (exact) mass is 394 g/mol. The Kier molecular flexibility index (Phi) is 5.91. The van der Waals surface area contributed by atoms with Crippen LogP contribution in [-0.4, -0.2) is 32.7 Å². The van der Waals surface area contributed by atoms with Gasteiger partial charge < -0.3 is 15.8 Å². The molecule has 3 aromatic rings. The van der Waals surface area contributed by atoms with E-state index in [-0.39, 0.29) is 0 Å². The van der Waals surface area contributed by atoms with Crippen LogP contribution in [0.25, 0.3) is 16.9 Å². The van der Waals surface area contributed by atoms with E-state index in [9.17, 15) is 5.11 Å². The zero-order chi connectivity index (χ0) is 20.3. The highest BCUT2D eigenvalue weighted by Crippen LogP contribution is 2.29. The van der Waals surface area contributed by atoms with Gasteiger partial charge in [-0.05, 0) is 56.7 Å². The summed E-state index contributed by atoms with van der Waals surface area (Å²) in [7, 11) is 0. The Balaban J connectivity index is 2.02. The molecule has 0 saturated heterocycles. The quantitative estimate of drug-likeness (QED) is 0.344. The molecule has 146 valence electrons. The maximum absolute atomic E-state index is 10.1. The summed E-state index contributed by atoms with van der Waals surface area (Å²) < 4.78 is 1.88. The van der Waals surface area contributed by atoms with Crippen molar-refractivity contribution in [3.8, 4) is 16.9 Å². The third kappa shape index (κ3) is 4.64. The van der Waals surface area contributed by atoms with Crippen molar-refractivity contribution in [2.24, 2.45) is 0 Å². The van der Waals surface area contributed by atoms with Gasteiger partial charge in [-0.15, -0.1) is 12.6 Å². The first kappa shape index (κ1) is 20.2. The molecule has 0 aliphatic carbocycles. The molecule has 28 heavy (non-hydrogen) atoms. The molecule has 5 nitrogen and oxygen atoms in total. The zero-order valence-electron chi connectivity index (χ0n) is 16.4. The summed E-state index contributed by atoms with van der Waals surface area (Å²) in [6.07, 6.45) is 2.42. The van der Waals surface area contributed by atoms with Gasteiger partial charge in [0.1, 0.15) is 0 Å². The summed E-state index contributed by atoms with van der Waals surface area (Å²) in [5, 5.41) is 26.1. The number of benzene rings is 2. The van der Waals surface area contributed by atoms with Crippen LogP contribution < -0.4 is 5.32 Å². The van der Waals surface area contributed by atoms with Crippen molar-refractivity contribution < 1.29 is 5.11 Å². The van der Waals surface area contributed by atoms with Crippen LogP contribution in [0.1, 0.15) is 32.8 Å². The first-order valence-electron chi connectivity index (χ1n) is 9.30. The fourth-order valence-corrected chi connectivity index (χ4v) is 3.09. The highest BCUT2D eigenvalue weighted by molar-refractivity contribution is 7.80. The van der Waals surface area contributed by atoms with E-state index in [0.29, 0.717) is 18.7 Å². The van der Waals surface area contributed by atoms with Crippen LogP contribution in [0.4, 0.5) is 5.69 Å². The van der Waals surface area contributed by atoms with E-state index in [1.54, 1.807) is 20.0 Å². The molecule has 0 aliphatic rings. The molecular formula is C22H26N4OS. The number of aliphatic hydroxyl groups is 1. The Morgan fingerprint density at radius 1 is 1.18 bits per heavy atom. The van der Waals surface area contributed by atoms with Gasteiger partial charge in [-0.25, -0.2) is 4.68 Å². The lowest BCUT2D eigenvalue weighted by atomic mass is 10.0. The number of hydrogen-bond donors (Lipinski definition) is 4. The molecule has 0 aliphatic heterocycles. The number of nitrogens with zero attached hydrogens (tertiary/aromatic N) is 2. The molecule has 3 rings (SSSR count). The number of aromatic nitrogens is 2. The van der Waals surface area contributed by atoms with Crippen LogP contribution in [-0.2, 0) is 0 Å². The topological polar surface area (TPSA) is 73.9 Å². The van der Waals surface area contributed by atoms with Crippen molar-refractivity contribution in [2.45, 2.75) is 37.7 Å². The molecule has 6 heteroatoms. The Labute approximate surface area is 171 Å². The summed E-state index contributed by atoms with van der Waals surface area (Å²) in [5.74, 6) is 0. The van der Waals surface area contributed by atoms with Gasteiger partial charge in [0.25, 0.3) is 0 Å². The normalized spacial score (nSPS) is 11.5. The van der Waals surface area contributed by atoms with E-state index in [1.165, 1.54) is 0 Å². The predicted molar refractivity (Wildman–Crippen MR) is 118 cm³/mol. The van der Waals surface area contributed by atoms with Crippen molar-refractivity contribution in [3.05, 3.63) is 60.3 Å². The maximum Gasteiger partial charge on any atom is 0.0763 e. The minimum absolute atomic E-state index is 0.392. The van der Waals surface area contributed by atoms with Crippen LogP contribution >= 0.6 is 12.6 Å². The van der Waals surface area contributed by atoms with Crippen molar-refractivity contribution in [1.82, 2.24) is 9.78 Å². The molecule has 0 bridgehead atoms. The number of rotatable bonds is 7. The van der Waals surface area contributed by atoms with E-state index in [4.69, 9.17) is 5.41 Å². The molecule has 0 atom stereocenters. The summed E-state index contributed by atoms with van der Waals surface area (Å²) in [6, 6.07) is 15.8. The van der Waals surface area contributed by atoms with Crippen molar-refractivity contribution >= 4 is 24.0 Å². The molecular weight excluding hydrogens is 368 g/mol. The summed E-state index contributed by atoms with van der Waals surface area (Å²) in [4.78, 5) is 0.901. The lowest BCUT2D eigenvalue weighted by molar-refractivity contribution is 0.0945. The Hall–Kier alpha value is -2.57. The van der Waals surface area contributed by atoms with Crippen molar-refractivity contribution in [1.29, 1.82) is 5.41 Å². The fourth-order valence-electron chi connectivity index (χ4n) is 2.94. The van der Waals surface area contributed by atoms with Gasteiger partial charge in [0.2, 0.25) is 0 Å².